The van der Waals surface area contributed by atoms with Crippen molar-refractivity contribution in [1.82, 2.24) is 9.88 Å². The lowest BCUT2D eigenvalue weighted by atomic mass is 9.66. The molecule has 2 fully saturated rings. The molecular formula is C18H22N2O3S. The topological polar surface area (TPSA) is 55.6 Å². The summed E-state index contributed by atoms with van der Waals surface area (Å²) in [6.07, 6.45) is 3.63. The Labute approximate surface area is 145 Å². The number of carbonyl (C=O) groups excluding carboxylic acids is 1. The van der Waals surface area contributed by atoms with Gasteiger partial charge in [-0.3, -0.25) is 4.79 Å². The molecule has 1 spiro atoms. The van der Waals surface area contributed by atoms with E-state index in [2.05, 4.69) is 4.98 Å². The van der Waals surface area contributed by atoms with Gasteiger partial charge in [0.15, 0.2) is 10.8 Å². The first-order chi connectivity index (χ1) is 11.6. The monoisotopic (exact) mass is 346 g/mol. The number of nitrogens with zero attached hydrogens (tertiary/aromatic N) is 2. The zero-order valence-corrected chi connectivity index (χ0v) is 14.9. The number of hydrogen-bond acceptors (Lipinski definition) is 5. The van der Waals surface area contributed by atoms with Gasteiger partial charge >= 0.3 is 0 Å². The van der Waals surface area contributed by atoms with Crippen LogP contribution in [0.5, 0.6) is 0 Å². The zero-order chi connectivity index (χ0) is 16.7. The second-order valence-corrected chi connectivity index (χ2v) is 7.77. The maximum Gasteiger partial charge on any atom is 0.273 e. The Balaban J connectivity index is 1.41. The van der Waals surface area contributed by atoms with Crippen LogP contribution in [0.1, 0.15) is 42.4 Å². The molecule has 1 aliphatic heterocycles. The first-order valence-electron chi connectivity index (χ1n) is 8.52. The Morgan fingerprint density at radius 1 is 1.50 bits per heavy atom. The molecule has 2 aromatic heterocycles. The van der Waals surface area contributed by atoms with Crippen LogP contribution >= 0.6 is 11.3 Å². The van der Waals surface area contributed by atoms with Crippen LogP contribution in [-0.2, 0) is 4.74 Å². The van der Waals surface area contributed by atoms with Crippen LogP contribution in [0.2, 0.25) is 0 Å². The molecule has 0 aromatic carbocycles. The van der Waals surface area contributed by atoms with Gasteiger partial charge in [-0.25, -0.2) is 4.98 Å². The zero-order valence-electron chi connectivity index (χ0n) is 14.1. The molecule has 1 aliphatic carbocycles. The number of furan rings is 1. The summed E-state index contributed by atoms with van der Waals surface area (Å²) in [6, 6.07) is 3.81. The van der Waals surface area contributed by atoms with Gasteiger partial charge in [-0.2, -0.15) is 0 Å². The minimum Gasteiger partial charge on any atom is -0.459 e. The van der Waals surface area contributed by atoms with Crippen LogP contribution in [0.25, 0.3) is 10.8 Å². The summed E-state index contributed by atoms with van der Waals surface area (Å²) in [7, 11) is 0. The Kier molecular flexibility index (Phi) is 3.96. The largest absolute Gasteiger partial charge is 0.459 e. The Morgan fingerprint density at radius 3 is 3.04 bits per heavy atom. The summed E-state index contributed by atoms with van der Waals surface area (Å²) in [4.78, 5) is 19.2. The van der Waals surface area contributed by atoms with Gasteiger partial charge < -0.3 is 14.1 Å². The van der Waals surface area contributed by atoms with Crippen molar-refractivity contribution in [2.24, 2.45) is 5.41 Å². The van der Waals surface area contributed by atoms with Crippen molar-refractivity contribution in [3.8, 4) is 10.8 Å². The minimum atomic E-state index is 0.0394. The molecule has 2 aliphatic rings. The number of likely N-dealkylation sites (tertiary alicyclic amines) is 1. The molecule has 2 aromatic rings. The second-order valence-electron chi connectivity index (χ2n) is 6.91. The van der Waals surface area contributed by atoms with E-state index < -0.39 is 0 Å². The fourth-order valence-corrected chi connectivity index (χ4v) is 4.65. The van der Waals surface area contributed by atoms with Gasteiger partial charge in [0.25, 0.3) is 5.91 Å². The molecule has 4 rings (SSSR count). The number of amides is 1. The number of ether oxygens (including phenoxy) is 1. The predicted molar refractivity (Wildman–Crippen MR) is 92.2 cm³/mol. The average Bonchev–Trinajstić information content (AvgIpc) is 3.24. The number of hydrogen-bond donors (Lipinski definition) is 0. The van der Waals surface area contributed by atoms with Gasteiger partial charge in [-0.05, 0) is 50.7 Å². The third-order valence-corrected chi connectivity index (χ3v) is 5.98. The summed E-state index contributed by atoms with van der Waals surface area (Å²) >= 11 is 1.46. The molecule has 0 radical (unpaired) electrons. The highest BCUT2D eigenvalue weighted by molar-refractivity contribution is 7.13. The van der Waals surface area contributed by atoms with E-state index in [4.69, 9.17) is 9.15 Å². The lowest BCUT2D eigenvalue weighted by molar-refractivity contribution is -0.0708. The van der Waals surface area contributed by atoms with Crippen molar-refractivity contribution in [1.29, 1.82) is 0 Å². The van der Waals surface area contributed by atoms with Crippen LogP contribution in [-0.4, -0.2) is 41.6 Å². The van der Waals surface area contributed by atoms with Crippen LogP contribution in [0.15, 0.2) is 21.9 Å². The van der Waals surface area contributed by atoms with Gasteiger partial charge in [0.05, 0.1) is 6.10 Å². The van der Waals surface area contributed by atoms with Crippen molar-refractivity contribution in [3.05, 3.63) is 29.0 Å². The summed E-state index contributed by atoms with van der Waals surface area (Å²) in [5.41, 5.74) is 0.814. The third-order valence-electron chi connectivity index (χ3n) is 5.12. The molecule has 24 heavy (non-hydrogen) atoms. The normalized spacial score (nSPS) is 26.1. The quantitative estimate of drug-likeness (QED) is 0.846. The minimum absolute atomic E-state index is 0.0394. The van der Waals surface area contributed by atoms with Crippen LogP contribution in [0.3, 0.4) is 0 Å². The molecule has 3 heterocycles. The van der Waals surface area contributed by atoms with E-state index in [-0.39, 0.29) is 11.3 Å². The molecule has 1 amide bonds. The molecule has 0 N–H and O–H groups in total. The van der Waals surface area contributed by atoms with Crippen molar-refractivity contribution in [2.45, 2.75) is 39.2 Å². The number of rotatable bonds is 4. The number of aromatic nitrogens is 1. The standard InChI is InChI=1S/C18H22N2O3S/c1-3-22-13-8-18(9-13)6-7-20(11-18)17(21)14-10-24-16(19-14)15-5-4-12(2)23-15/h4-5,10,13H,3,6-9,11H2,1-2H3. The predicted octanol–water partition coefficient (Wildman–Crippen LogP) is 3.74. The van der Waals surface area contributed by atoms with Gasteiger partial charge in [0.1, 0.15) is 11.5 Å². The summed E-state index contributed by atoms with van der Waals surface area (Å²) in [6.45, 7) is 6.38. The average molecular weight is 346 g/mol. The van der Waals surface area contributed by atoms with E-state index in [0.717, 1.165) is 55.5 Å². The first kappa shape index (κ1) is 15.8. The number of aryl methyl sites for hydroxylation is 1. The summed E-state index contributed by atoms with van der Waals surface area (Å²) < 4.78 is 11.3. The van der Waals surface area contributed by atoms with E-state index in [9.17, 15) is 4.79 Å². The van der Waals surface area contributed by atoms with Crippen molar-refractivity contribution >= 4 is 17.2 Å². The molecule has 5 nitrogen and oxygen atoms in total. The lowest BCUT2D eigenvalue weighted by Crippen LogP contribution is -2.45. The highest BCUT2D eigenvalue weighted by atomic mass is 32.1. The van der Waals surface area contributed by atoms with Crippen LogP contribution < -0.4 is 0 Å². The highest BCUT2D eigenvalue weighted by Gasteiger charge is 2.50. The molecule has 1 saturated heterocycles. The van der Waals surface area contributed by atoms with E-state index in [0.29, 0.717) is 11.8 Å². The fourth-order valence-electron chi connectivity index (χ4n) is 3.90. The van der Waals surface area contributed by atoms with Gasteiger partial charge in [0, 0.05) is 25.1 Å². The summed E-state index contributed by atoms with van der Waals surface area (Å²) in [5, 5.41) is 2.60. The fraction of sp³-hybridized carbons (Fsp3) is 0.556. The number of thiazole rings is 1. The third kappa shape index (κ3) is 2.78. The van der Waals surface area contributed by atoms with E-state index >= 15 is 0 Å². The smallest absolute Gasteiger partial charge is 0.273 e. The van der Waals surface area contributed by atoms with Gasteiger partial charge in [0.2, 0.25) is 0 Å². The van der Waals surface area contributed by atoms with Crippen LogP contribution in [0, 0.1) is 12.3 Å². The van der Waals surface area contributed by atoms with E-state index in [1.165, 1.54) is 11.3 Å². The Bertz CT molecular complexity index is 745. The second kappa shape index (κ2) is 6.01. The molecule has 0 unspecified atom stereocenters. The van der Waals surface area contributed by atoms with E-state index in [1.54, 1.807) is 0 Å². The van der Waals surface area contributed by atoms with E-state index in [1.807, 2.05) is 36.3 Å². The molecular weight excluding hydrogens is 324 g/mol. The molecule has 0 bridgehead atoms. The van der Waals surface area contributed by atoms with Crippen molar-refractivity contribution in [3.63, 3.8) is 0 Å². The SMILES string of the molecule is CCOC1CC2(CCN(C(=O)c3csc(-c4ccc(C)o4)n3)C2)C1. The van der Waals surface area contributed by atoms with Gasteiger partial charge in [-0.1, -0.05) is 0 Å². The summed E-state index contributed by atoms with van der Waals surface area (Å²) in [5.74, 6) is 1.62. The Morgan fingerprint density at radius 2 is 2.33 bits per heavy atom. The highest BCUT2D eigenvalue weighted by Crippen LogP contribution is 2.49. The van der Waals surface area contributed by atoms with Crippen LogP contribution in [0.4, 0.5) is 0 Å². The molecule has 128 valence electrons. The lowest BCUT2D eigenvalue weighted by Gasteiger charge is -2.44. The van der Waals surface area contributed by atoms with Crippen molar-refractivity contribution in [2.75, 3.05) is 19.7 Å². The van der Waals surface area contributed by atoms with Gasteiger partial charge in [-0.15, -0.1) is 11.3 Å². The molecule has 6 heteroatoms. The number of carbonyl (C=O) groups is 1. The maximum absolute atomic E-state index is 12.7. The molecule has 1 saturated carbocycles. The molecule has 0 atom stereocenters. The maximum atomic E-state index is 12.7. The van der Waals surface area contributed by atoms with Crippen molar-refractivity contribution < 1.29 is 13.9 Å². The Hall–Kier alpha value is -1.66. The first-order valence-corrected chi connectivity index (χ1v) is 9.40.